The van der Waals surface area contributed by atoms with Crippen molar-refractivity contribution in [3.8, 4) is 0 Å². The van der Waals surface area contributed by atoms with Crippen molar-refractivity contribution in [3.05, 3.63) is 35.4 Å². The Labute approximate surface area is 116 Å². The molecule has 2 rings (SSSR count). The Morgan fingerprint density at radius 1 is 1.44 bits per heavy atom. The van der Waals surface area contributed by atoms with E-state index in [2.05, 4.69) is 22.0 Å². The first-order valence-corrected chi connectivity index (χ1v) is 7.16. The number of alkyl halides is 1. The second kappa shape index (κ2) is 5.85. The molecule has 1 aromatic rings. The van der Waals surface area contributed by atoms with E-state index in [-0.39, 0.29) is 5.97 Å². The fourth-order valence-electron chi connectivity index (χ4n) is 2.48. The van der Waals surface area contributed by atoms with Crippen LogP contribution >= 0.6 is 15.9 Å². The van der Waals surface area contributed by atoms with Gasteiger partial charge in [-0.3, -0.25) is 4.79 Å². The van der Waals surface area contributed by atoms with Crippen molar-refractivity contribution < 1.29 is 14.3 Å². The third kappa shape index (κ3) is 2.45. The molecule has 0 unspecified atom stereocenters. The summed E-state index contributed by atoms with van der Waals surface area (Å²) in [6.45, 7) is 1.21. The Balaban J connectivity index is 2.41. The molecule has 18 heavy (non-hydrogen) atoms. The van der Waals surface area contributed by atoms with Crippen molar-refractivity contribution in [3.63, 3.8) is 0 Å². The van der Waals surface area contributed by atoms with E-state index in [1.54, 1.807) is 0 Å². The molecule has 1 aromatic carbocycles. The predicted molar refractivity (Wildman–Crippen MR) is 72.8 cm³/mol. The van der Waals surface area contributed by atoms with Gasteiger partial charge >= 0.3 is 5.97 Å². The summed E-state index contributed by atoms with van der Waals surface area (Å²) < 4.78 is 10.4. The Morgan fingerprint density at radius 2 is 2.17 bits per heavy atom. The number of carbonyl (C=O) groups is 1. The Bertz CT molecular complexity index is 425. The number of halogens is 1. The normalized spacial score (nSPS) is 18.3. The summed E-state index contributed by atoms with van der Waals surface area (Å²) in [6, 6.07) is 8.13. The highest BCUT2D eigenvalue weighted by Gasteiger charge is 2.42. The number of rotatable bonds is 3. The molecular formula is C14H17BrO3. The van der Waals surface area contributed by atoms with Crippen LogP contribution < -0.4 is 0 Å². The average Bonchev–Trinajstić information content (AvgIpc) is 2.47. The van der Waals surface area contributed by atoms with E-state index in [0.717, 1.165) is 10.9 Å². The zero-order valence-corrected chi connectivity index (χ0v) is 12.0. The van der Waals surface area contributed by atoms with Gasteiger partial charge in [0.15, 0.2) is 0 Å². The molecule has 1 aliphatic rings. The van der Waals surface area contributed by atoms with Crippen LogP contribution in [0.4, 0.5) is 0 Å². The zero-order valence-electron chi connectivity index (χ0n) is 10.4. The number of hydrogen-bond acceptors (Lipinski definition) is 3. The quantitative estimate of drug-likeness (QED) is 0.636. The fraction of sp³-hybridized carbons (Fsp3) is 0.500. The number of esters is 1. The van der Waals surface area contributed by atoms with Crippen LogP contribution in [0.2, 0.25) is 0 Å². The molecule has 1 aliphatic heterocycles. The van der Waals surface area contributed by atoms with Gasteiger partial charge in [0.2, 0.25) is 0 Å². The second-order valence-corrected chi connectivity index (χ2v) is 5.08. The van der Waals surface area contributed by atoms with Gasteiger partial charge in [0.05, 0.1) is 12.5 Å². The molecule has 0 radical (unpaired) electrons. The van der Waals surface area contributed by atoms with E-state index in [9.17, 15) is 4.79 Å². The summed E-state index contributed by atoms with van der Waals surface area (Å²) in [7, 11) is 1.45. The first kappa shape index (κ1) is 13.6. The van der Waals surface area contributed by atoms with Gasteiger partial charge in [0.25, 0.3) is 0 Å². The SMILES string of the molecule is COC(=O)C1(c2cccc(CBr)c2)CCOCC1. The molecule has 3 nitrogen and oxygen atoms in total. The van der Waals surface area contributed by atoms with E-state index in [4.69, 9.17) is 9.47 Å². The van der Waals surface area contributed by atoms with Crippen LogP contribution in [0.1, 0.15) is 24.0 Å². The molecule has 1 saturated heterocycles. The first-order chi connectivity index (χ1) is 8.73. The lowest BCUT2D eigenvalue weighted by Gasteiger charge is -2.35. The van der Waals surface area contributed by atoms with Crippen molar-refractivity contribution in [2.24, 2.45) is 0 Å². The van der Waals surface area contributed by atoms with Crippen LogP contribution in [0.15, 0.2) is 24.3 Å². The molecule has 0 spiro atoms. The Morgan fingerprint density at radius 3 is 2.78 bits per heavy atom. The highest BCUT2D eigenvalue weighted by atomic mass is 79.9. The number of carbonyl (C=O) groups excluding carboxylic acids is 1. The third-order valence-corrected chi connectivity index (χ3v) is 4.20. The van der Waals surface area contributed by atoms with Gasteiger partial charge in [-0.1, -0.05) is 40.2 Å². The van der Waals surface area contributed by atoms with Crippen molar-refractivity contribution in [2.75, 3.05) is 20.3 Å². The van der Waals surface area contributed by atoms with Gasteiger partial charge in [-0.05, 0) is 24.0 Å². The fourth-order valence-corrected chi connectivity index (χ4v) is 2.83. The number of ether oxygens (including phenoxy) is 2. The minimum Gasteiger partial charge on any atom is -0.468 e. The Kier molecular flexibility index (Phi) is 4.40. The second-order valence-electron chi connectivity index (χ2n) is 4.52. The maximum absolute atomic E-state index is 12.2. The molecule has 0 atom stereocenters. The van der Waals surface area contributed by atoms with Crippen LogP contribution in [0.5, 0.6) is 0 Å². The largest absolute Gasteiger partial charge is 0.468 e. The lowest BCUT2D eigenvalue weighted by molar-refractivity contribution is -0.151. The van der Waals surface area contributed by atoms with E-state index in [0.29, 0.717) is 26.1 Å². The van der Waals surface area contributed by atoms with Gasteiger partial charge in [0, 0.05) is 18.5 Å². The summed E-state index contributed by atoms with van der Waals surface area (Å²) >= 11 is 3.45. The van der Waals surface area contributed by atoms with Gasteiger partial charge in [-0.25, -0.2) is 0 Å². The van der Waals surface area contributed by atoms with E-state index in [1.165, 1.54) is 12.7 Å². The van der Waals surface area contributed by atoms with E-state index in [1.807, 2.05) is 18.2 Å². The topological polar surface area (TPSA) is 35.5 Å². The molecule has 4 heteroatoms. The molecule has 0 bridgehead atoms. The van der Waals surface area contributed by atoms with Crippen LogP contribution in [0.25, 0.3) is 0 Å². The van der Waals surface area contributed by atoms with E-state index < -0.39 is 5.41 Å². The molecular weight excluding hydrogens is 296 g/mol. The van der Waals surface area contributed by atoms with Gasteiger partial charge in [-0.15, -0.1) is 0 Å². The van der Waals surface area contributed by atoms with Crippen molar-refractivity contribution in [1.29, 1.82) is 0 Å². The van der Waals surface area contributed by atoms with Crippen LogP contribution in [-0.4, -0.2) is 26.3 Å². The van der Waals surface area contributed by atoms with Crippen LogP contribution in [0.3, 0.4) is 0 Å². The van der Waals surface area contributed by atoms with Crippen molar-refractivity contribution in [2.45, 2.75) is 23.6 Å². The van der Waals surface area contributed by atoms with Crippen LogP contribution in [-0.2, 0) is 25.0 Å². The van der Waals surface area contributed by atoms with Crippen LogP contribution in [0, 0.1) is 0 Å². The van der Waals surface area contributed by atoms with E-state index >= 15 is 0 Å². The number of hydrogen-bond donors (Lipinski definition) is 0. The smallest absolute Gasteiger partial charge is 0.316 e. The molecule has 0 aliphatic carbocycles. The van der Waals surface area contributed by atoms with Crippen molar-refractivity contribution in [1.82, 2.24) is 0 Å². The molecule has 0 amide bonds. The molecule has 0 aromatic heterocycles. The maximum Gasteiger partial charge on any atom is 0.316 e. The summed E-state index contributed by atoms with van der Waals surface area (Å²) in [5.41, 5.74) is 1.67. The minimum atomic E-state index is -0.537. The summed E-state index contributed by atoms with van der Waals surface area (Å²) in [6.07, 6.45) is 1.37. The molecule has 1 heterocycles. The molecule has 0 N–H and O–H groups in total. The standard InChI is InChI=1S/C14H17BrO3/c1-17-13(16)14(5-7-18-8-6-14)12-4-2-3-11(9-12)10-15/h2-4,9H,5-8,10H2,1H3. The van der Waals surface area contributed by atoms with Gasteiger partial charge in [0.1, 0.15) is 0 Å². The zero-order chi connectivity index (χ0) is 13.0. The first-order valence-electron chi connectivity index (χ1n) is 6.04. The summed E-state index contributed by atoms with van der Waals surface area (Å²) in [5, 5.41) is 0.786. The van der Waals surface area contributed by atoms with Gasteiger partial charge in [-0.2, -0.15) is 0 Å². The molecule has 0 saturated carbocycles. The summed E-state index contributed by atoms with van der Waals surface area (Å²) in [5.74, 6) is -0.155. The highest BCUT2D eigenvalue weighted by Crippen LogP contribution is 2.36. The Hall–Kier alpha value is -0.870. The summed E-state index contributed by atoms with van der Waals surface area (Å²) in [4.78, 5) is 12.2. The number of methoxy groups -OCH3 is 1. The average molecular weight is 313 g/mol. The monoisotopic (exact) mass is 312 g/mol. The third-order valence-electron chi connectivity index (χ3n) is 3.56. The lowest BCUT2D eigenvalue weighted by atomic mass is 9.74. The van der Waals surface area contributed by atoms with Crippen molar-refractivity contribution >= 4 is 21.9 Å². The predicted octanol–water partition coefficient (Wildman–Crippen LogP) is 2.80. The molecule has 1 fully saturated rings. The number of benzene rings is 1. The maximum atomic E-state index is 12.2. The minimum absolute atomic E-state index is 0.155. The lowest BCUT2D eigenvalue weighted by Crippen LogP contribution is -2.42. The van der Waals surface area contributed by atoms with Gasteiger partial charge < -0.3 is 9.47 Å². The molecule has 98 valence electrons. The highest BCUT2D eigenvalue weighted by molar-refractivity contribution is 9.08.